The number of nitrogens with zero attached hydrogens (tertiary/aromatic N) is 5. The molecule has 3 rings (SSSR count). The summed E-state index contributed by atoms with van der Waals surface area (Å²) in [6.45, 7) is 0.655. The van der Waals surface area contributed by atoms with Crippen LogP contribution >= 0.6 is 11.8 Å². The highest BCUT2D eigenvalue weighted by atomic mass is 32.2. The number of hydrogen-bond donors (Lipinski definition) is 1. The SMILES string of the molecule is Nc1ccc(=O)n(CCCSc2nnnn2C2CC2)c1. The average Bonchev–Trinajstić information content (AvgIpc) is 3.18. The zero-order valence-corrected chi connectivity index (χ0v) is 11.8. The van der Waals surface area contributed by atoms with Gasteiger partial charge < -0.3 is 10.3 Å². The molecule has 0 aliphatic heterocycles. The van der Waals surface area contributed by atoms with Gasteiger partial charge in [0.05, 0.1) is 6.04 Å². The Labute approximate surface area is 120 Å². The van der Waals surface area contributed by atoms with E-state index < -0.39 is 0 Å². The molecule has 0 bridgehead atoms. The first-order chi connectivity index (χ1) is 9.74. The largest absolute Gasteiger partial charge is 0.398 e. The van der Waals surface area contributed by atoms with Crippen LogP contribution in [0.3, 0.4) is 0 Å². The summed E-state index contributed by atoms with van der Waals surface area (Å²) in [5.41, 5.74) is 6.26. The summed E-state index contributed by atoms with van der Waals surface area (Å²) in [5.74, 6) is 0.869. The number of pyridine rings is 1. The van der Waals surface area contributed by atoms with Crippen molar-refractivity contribution in [2.75, 3.05) is 11.5 Å². The van der Waals surface area contributed by atoms with E-state index in [0.29, 0.717) is 18.3 Å². The summed E-state index contributed by atoms with van der Waals surface area (Å²) < 4.78 is 3.54. The Kier molecular flexibility index (Phi) is 3.72. The number of anilines is 1. The van der Waals surface area contributed by atoms with Gasteiger partial charge in [-0.1, -0.05) is 11.8 Å². The summed E-state index contributed by atoms with van der Waals surface area (Å²) in [6, 6.07) is 3.61. The molecule has 8 heteroatoms. The van der Waals surface area contributed by atoms with Crippen molar-refractivity contribution in [3.05, 3.63) is 28.7 Å². The number of tetrazole rings is 1. The Morgan fingerprint density at radius 1 is 1.40 bits per heavy atom. The Bertz CT molecular complexity index is 647. The van der Waals surface area contributed by atoms with Gasteiger partial charge >= 0.3 is 0 Å². The van der Waals surface area contributed by atoms with Gasteiger partial charge in [-0.25, -0.2) is 4.68 Å². The quantitative estimate of drug-likeness (QED) is 0.629. The van der Waals surface area contributed by atoms with Gasteiger partial charge in [0.1, 0.15) is 0 Å². The number of aromatic nitrogens is 5. The zero-order valence-electron chi connectivity index (χ0n) is 11.0. The molecule has 106 valence electrons. The van der Waals surface area contributed by atoms with Crippen molar-refractivity contribution in [2.24, 2.45) is 0 Å². The van der Waals surface area contributed by atoms with Crippen LogP contribution in [-0.4, -0.2) is 30.5 Å². The Morgan fingerprint density at radius 2 is 2.25 bits per heavy atom. The fourth-order valence-corrected chi connectivity index (χ4v) is 2.82. The third kappa shape index (κ3) is 3.01. The minimum atomic E-state index is -0.0213. The van der Waals surface area contributed by atoms with Crippen molar-refractivity contribution in [2.45, 2.75) is 37.0 Å². The second-order valence-corrected chi connectivity index (χ2v) is 5.90. The molecule has 1 aliphatic rings. The molecule has 2 N–H and O–H groups in total. The van der Waals surface area contributed by atoms with Crippen molar-refractivity contribution in [1.29, 1.82) is 0 Å². The third-order valence-corrected chi connectivity index (χ3v) is 4.16. The summed E-state index contributed by atoms with van der Waals surface area (Å²) in [4.78, 5) is 11.6. The van der Waals surface area contributed by atoms with Gasteiger partial charge in [0, 0.05) is 30.2 Å². The normalized spacial score (nSPS) is 14.6. The number of rotatable bonds is 6. The van der Waals surface area contributed by atoms with E-state index in [4.69, 9.17) is 5.73 Å². The lowest BCUT2D eigenvalue weighted by atomic mass is 10.4. The van der Waals surface area contributed by atoms with Crippen LogP contribution in [0, 0.1) is 0 Å². The number of thioether (sulfide) groups is 1. The topological polar surface area (TPSA) is 91.6 Å². The van der Waals surface area contributed by atoms with Crippen LogP contribution in [0.15, 0.2) is 28.3 Å². The van der Waals surface area contributed by atoms with E-state index >= 15 is 0 Å². The number of nitrogens with two attached hydrogens (primary N) is 1. The van der Waals surface area contributed by atoms with E-state index in [1.54, 1.807) is 28.6 Å². The number of hydrogen-bond acceptors (Lipinski definition) is 6. The zero-order chi connectivity index (χ0) is 13.9. The molecule has 1 fully saturated rings. The van der Waals surface area contributed by atoms with Crippen molar-refractivity contribution in [3.63, 3.8) is 0 Å². The maximum absolute atomic E-state index is 11.6. The molecular formula is C12H16N6OS. The monoisotopic (exact) mass is 292 g/mol. The molecule has 0 spiro atoms. The Hall–Kier alpha value is -1.83. The highest BCUT2D eigenvalue weighted by molar-refractivity contribution is 7.99. The first-order valence-corrected chi connectivity index (χ1v) is 7.59. The van der Waals surface area contributed by atoms with E-state index in [2.05, 4.69) is 15.5 Å². The maximum Gasteiger partial charge on any atom is 0.250 e. The molecule has 0 amide bonds. The molecule has 0 saturated heterocycles. The minimum absolute atomic E-state index is 0.0213. The lowest BCUT2D eigenvalue weighted by molar-refractivity contribution is 0.565. The molecule has 20 heavy (non-hydrogen) atoms. The predicted octanol–water partition coefficient (Wildman–Crippen LogP) is 0.934. The van der Waals surface area contributed by atoms with Crippen LogP contribution in [0.2, 0.25) is 0 Å². The molecule has 1 saturated carbocycles. The van der Waals surface area contributed by atoms with E-state index in [1.165, 1.54) is 6.07 Å². The average molecular weight is 292 g/mol. The molecule has 2 aromatic heterocycles. The Balaban J connectivity index is 1.51. The summed E-state index contributed by atoms with van der Waals surface area (Å²) >= 11 is 1.63. The highest BCUT2D eigenvalue weighted by Gasteiger charge is 2.27. The van der Waals surface area contributed by atoms with E-state index in [1.807, 2.05) is 4.68 Å². The first kappa shape index (κ1) is 13.2. The Morgan fingerprint density at radius 3 is 3.05 bits per heavy atom. The van der Waals surface area contributed by atoms with Gasteiger partial charge in [0.2, 0.25) is 5.16 Å². The van der Waals surface area contributed by atoms with Crippen LogP contribution in [-0.2, 0) is 6.54 Å². The van der Waals surface area contributed by atoms with Crippen molar-refractivity contribution in [3.8, 4) is 0 Å². The molecule has 7 nitrogen and oxygen atoms in total. The van der Waals surface area contributed by atoms with Gasteiger partial charge in [-0.15, -0.1) is 5.10 Å². The van der Waals surface area contributed by atoms with Crippen LogP contribution in [0.25, 0.3) is 0 Å². The van der Waals surface area contributed by atoms with E-state index in [9.17, 15) is 4.79 Å². The summed E-state index contributed by atoms with van der Waals surface area (Å²) in [6.07, 6.45) is 4.88. The fraction of sp³-hybridized carbons (Fsp3) is 0.500. The van der Waals surface area contributed by atoms with Crippen molar-refractivity contribution < 1.29 is 0 Å². The van der Waals surface area contributed by atoms with Crippen LogP contribution in [0.5, 0.6) is 0 Å². The number of nitrogen functional groups attached to an aromatic ring is 1. The molecule has 0 aromatic carbocycles. The van der Waals surface area contributed by atoms with Crippen LogP contribution < -0.4 is 11.3 Å². The van der Waals surface area contributed by atoms with E-state index in [-0.39, 0.29) is 5.56 Å². The highest BCUT2D eigenvalue weighted by Crippen LogP contribution is 2.36. The smallest absolute Gasteiger partial charge is 0.250 e. The van der Waals surface area contributed by atoms with Gasteiger partial charge in [-0.2, -0.15) is 0 Å². The second kappa shape index (κ2) is 5.66. The lowest BCUT2D eigenvalue weighted by Crippen LogP contribution is -2.19. The fourth-order valence-electron chi connectivity index (χ4n) is 1.95. The third-order valence-electron chi connectivity index (χ3n) is 3.14. The maximum atomic E-state index is 11.6. The lowest BCUT2D eigenvalue weighted by Gasteiger charge is -2.06. The summed E-state index contributed by atoms with van der Waals surface area (Å²) in [5, 5.41) is 12.6. The van der Waals surface area contributed by atoms with Crippen molar-refractivity contribution >= 4 is 17.4 Å². The summed E-state index contributed by atoms with van der Waals surface area (Å²) in [7, 11) is 0. The number of aryl methyl sites for hydroxylation is 1. The molecule has 0 atom stereocenters. The molecule has 0 radical (unpaired) electrons. The second-order valence-electron chi connectivity index (χ2n) is 4.83. The van der Waals surface area contributed by atoms with Gasteiger partial charge in [0.15, 0.2) is 0 Å². The standard InChI is InChI=1S/C12H16N6OS/c13-9-2-5-11(19)17(8-9)6-1-7-20-12-14-15-16-18(12)10-3-4-10/h2,5,8,10H,1,3-4,6-7,13H2. The molecule has 0 unspecified atom stereocenters. The van der Waals surface area contributed by atoms with Crippen LogP contribution in [0.1, 0.15) is 25.3 Å². The first-order valence-electron chi connectivity index (χ1n) is 6.60. The minimum Gasteiger partial charge on any atom is -0.398 e. The molecule has 2 heterocycles. The van der Waals surface area contributed by atoms with E-state index in [0.717, 1.165) is 30.2 Å². The molecular weight excluding hydrogens is 276 g/mol. The van der Waals surface area contributed by atoms with Crippen LogP contribution in [0.4, 0.5) is 5.69 Å². The molecule has 1 aliphatic carbocycles. The van der Waals surface area contributed by atoms with Crippen molar-refractivity contribution in [1.82, 2.24) is 24.8 Å². The predicted molar refractivity (Wildman–Crippen MR) is 76.5 cm³/mol. The van der Waals surface area contributed by atoms with Gasteiger partial charge in [-0.3, -0.25) is 4.79 Å². The van der Waals surface area contributed by atoms with Gasteiger partial charge in [-0.05, 0) is 35.8 Å². The van der Waals surface area contributed by atoms with Gasteiger partial charge in [0.25, 0.3) is 5.56 Å². The molecule has 2 aromatic rings.